The van der Waals surface area contributed by atoms with Crippen LogP contribution in [0.25, 0.3) is 106 Å². The molecule has 0 atom stereocenters. The second-order valence-electron chi connectivity index (χ2n) is 15.0. The molecule has 9 aromatic carbocycles. The second-order valence-corrected chi connectivity index (χ2v) is 15.0. The largest absolute Gasteiger partial charge is 0.308 e. The van der Waals surface area contributed by atoms with Crippen LogP contribution >= 0.6 is 0 Å². The van der Waals surface area contributed by atoms with E-state index in [2.05, 4.69) is 217 Å². The molecule has 3 heteroatoms. The maximum atomic E-state index is 5.29. The molecule has 2 heterocycles. The molecule has 0 N–H and O–H groups in total. The Morgan fingerprint density at radius 1 is 0.288 bits per heavy atom. The third-order valence-corrected chi connectivity index (χ3v) is 11.4. The van der Waals surface area contributed by atoms with Crippen molar-refractivity contribution in [3.05, 3.63) is 224 Å². The van der Waals surface area contributed by atoms with E-state index in [1.807, 2.05) is 12.1 Å². The van der Waals surface area contributed by atoms with Gasteiger partial charge in [0.25, 0.3) is 0 Å². The molecule has 0 radical (unpaired) electrons. The molecule has 0 fully saturated rings. The van der Waals surface area contributed by atoms with E-state index in [1.165, 1.54) is 33.0 Å². The highest BCUT2D eigenvalue weighted by atomic mass is 15.0. The number of para-hydroxylation sites is 1. The fourth-order valence-electron chi connectivity index (χ4n) is 8.61. The summed E-state index contributed by atoms with van der Waals surface area (Å²) in [5.74, 6) is 0.689. The van der Waals surface area contributed by atoms with Crippen LogP contribution in [0.1, 0.15) is 0 Å². The topological polar surface area (TPSA) is 30.7 Å². The summed E-state index contributed by atoms with van der Waals surface area (Å²) < 4.78 is 2.49. The zero-order valence-corrected chi connectivity index (χ0v) is 32.2. The molecule has 276 valence electrons. The molecule has 3 nitrogen and oxygen atoms in total. The van der Waals surface area contributed by atoms with Gasteiger partial charge in [0.15, 0.2) is 5.82 Å². The molecular formula is C56H37N3. The van der Waals surface area contributed by atoms with Crippen molar-refractivity contribution < 1.29 is 0 Å². The fourth-order valence-corrected chi connectivity index (χ4v) is 8.61. The number of hydrogen-bond acceptors (Lipinski definition) is 2. The lowest BCUT2D eigenvalue weighted by atomic mass is 9.93. The van der Waals surface area contributed by atoms with Gasteiger partial charge in [0.2, 0.25) is 0 Å². The first-order valence-corrected chi connectivity index (χ1v) is 20.1. The SMILES string of the molecule is c1ccc(-c2cc(-c3ccccc3)c3c(c2)c2cc(-c4ccccc4)cc(-c4ccccc4)c2n3-c2cccc(-c3nc(-c4ccccc4)c4ccccc4n3)c2)cc1. The van der Waals surface area contributed by atoms with Crippen LogP contribution in [0.2, 0.25) is 0 Å². The van der Waals surface area contributed by atoms with Gasteiger partial charge in [-0.05, 0) is 75.8 Å². The highest BCUT2D eigenvalue weighted by Crippen LogP contribution is 2.46. The molecule has 0 bridgehead atoms. The Labute approximate surface area is 343 Å². The molecule has 11 aromatic rings. The Bertz CT molecular complexity index is 3140. The number of nitrogens with zero attached hydrogens (tertiary/aromatic N) is 3. The van der Waals surface area contributed by atoms with E-state index in [0.29, 0.717) is 5.82 Å². The van der Waals surface area contributed by atoms with E-state index in [9.17, 15) is 0 Å². The summed E-state index contributed by atoms with van der Waals surface area (Å²) in [5.41, 5.74) is 16.5. The molecule has 2 aromatic heterocycles. The molecule has 0 amide bonds. The Hall–Kier alpha value is -7.88. The molecule has 0 aliphatic rings. The van der Waals surface area contributed by atoms with E-state index < -0.39 is 0 Å². The molecule has 0 aliphatic carbocycles. The monoisotopic (exact) mass is 751 g/mol. The zero-order valence-electron chi connectivity index (χ0n) is 32.2. The van der Waals surface area contributed by atoms with E-state index in [0.717, 1.165) is 66.7 Å². The van der Waals surface area contributed by atoms with Gasteiger partial charge in [0, 0.05) is 44.1 Å². The number of hydrogen-bond donors (Lipinski definition) is 0. The average molecular weight is 752 g/mol. The summed E-state index contributed by atoms with van der Waals surface area (Å²) in [6.07, 6.45) is 0. The minimum absolute atomic E-state index is 0.689. The third-order valence-electron chi connectivity index (χ3n) is 11.4. The smallest absolute Gasteiger partial charge is 0.160 e. The quantitative estimate of drug-likeness (QED) is 0.162. The van der Waals surface area contributed by atoms with E-state index in [4.69, 9.17) is 9.97 Å². The summed E-state index contributed by atoms with van der Waals surface area (Å²) in [7, 11) is 0. The van der Waals surface area contributed by atoms with Crippen molar-refractivity contribution in [1.29, 1.82) is 0 Å². The Balaban J connectivity index is 1.26. The average Bonchev–Trinajstić information content (AvgIpc) is 3.66. The first-order chi connectivity index (χ1) is 29.3. The first-order valence-electron chi connectivity index (χ1n) is 20.1. The maximum absolute atomic E-state index is 5.29. The summed E-state index contributed by atoms with van der Waals surface area (Å²) in [4.78, 5) is 10.5. The Morgan fingerprint density at radius 3 is 1.25 bits per heavy atom. The van der Waals surface area contributed by atoms with Crippen molar-refractivity contribution in [2.24, 2.45) is 0 Å². The van der Waals surface area contributed by atoms with Crippen LogP contribution in [0.5, 0.6) is 0 Å². The van der Waals surface area contributed by atoms with Crippen LogP contribution in [0.15, 0.2) is 224 Å². The van der Waals surface area contributed by atoms with Gasteiger partial charge >= 0.3 is 0 Å². The molecule has 0 unspecified atom stereocenters. The van der Waals surface area contributed by atoms with Crippen LogP contribution < -0.4 is 0 Å². The molecule has 0 saturated carbocycles. The normalized spacial score (nSPS) is 11.4. The summed E-state index contributed by atoms with van der Waals surface area (Å²) >= 11 is 0. The molecule has 0 aliphatic heterocycles. The van der Waals surface area contributed by atoms with E-state index in [-0.39, 0.29) is 0 Å². The Morgan fingerprint density at radius 2 is 0.729 bits per heavy atom. The van der Waals surface area contributed by atoms with Gasteiger partial charge in [-0.3, -0.25) is 0 Å². The van der Waals surface area contributed by atoms with Gasteiger partial charge in [-0.15, -0.1) is 0 Å². The number of rotatable bonds is 7. The lowest BCUT2D eigenvalue weighted by molar-refractivity contribution is 1.17. The molecule has 0 saturated heterocycles. The van der Waals surface area contributed by atoms with Crippen LogP contribution in [0.3, 0.4) is 0 Å². The van der Waals surface area contributed by atoms with Gasteiger partial charge in [0.05, 0.1) is 22.2 Å². The highest BCUT2D eigenvalue weighted by molar-refractivity contribution is 6.19. The van der Waals surface area contributed by atoms with E-state index in [1.54, 1.807) is 0 Å². The number of benzene rings is 9. The van der Waals surface area contributed by atoms with Gasteiger partial charge in [-0.2, -0.15) is 0 Å². The number of aromatic nitrogens is 3. The minimum atomic E-state index is 0.689. The standard InChI is InChI=1S/C56H37N3/c1-6-19-38(20-7-1)44-34-48(40-23-10-3-11-24-40)54-50(36-44)51-37-45(39-21-8-2-9-22-39)35-49(41-25-12-4-13-26-41)55(51)59(54)46-30-18-29-43(33-46)56-57-52-32-17-16-31-47(52)53(58-56)42-27-14-5-15-28-42/h1-37H. The minimum Gasteiger partial charge on any atom is -0.308 e. The first kappa shape index (κ1) is 34.4. The fraction of sp³-hybridized carbons (Fsp3) is 0. The summed E-state index contributed by atoms with van der Waals surface area (Å²) in [6.45, 7) is 0. The predicted octanol–water partition coefficient (Wildman–Crippen LogP) is 14.7. The van der Waals surface area contributed by atoms with E-state index >= 15 is 0 Å². The van der Waals surface area contributed by atoms with Crippen LogP contribution in [0.4, 0.5) is 0 Å². The van der Waals surface area contributed by atoms with Crippen molar-refractivity contribution in [2.45, 2.75) is 0 Å². The summed E-state index contributed by atoms with van der Waals surface area (Å²) in [6, 6.07) is 80.1. The molecule has 59 heavy (non-hydrogen) atoms. The van der Waals surface area contributed by atoms with Gasteiger partial charge in [-0.1, -0.05) is 182 Å². The second kappa shape index (κ2) is 14.6. The van der Waals surface area contributed by atoms with Gasteiger partial charge < -0.3 is 4.57 Å². The maximum Gasteiger partial charge on any atom is 0.160 e. The zero-order chi connectivity index (χ0) is 39.1. The van der Waals surface area contributed by atoms with Crippen LogP contribution in [0, 0.1) is 0 Å². The molecule has 11 rings (SSSR count). The summed E-state index contributed by atoms with van der Waals surface area (Å²) in [5, 5.41) is 3.41. The number of fused-ring (bicyclic) bond motifs is 4. The van der Waals surface area contributed by atoms with Crippen LogP contribution in [-0.2, 0) is 0 Å². The van der Waals surface area contributed by atoms with Crippen molar-refractivity contribution in [2.75, 3.05) is 0 Å². The van der Waals surface area contributed by atoms with Crippen LogP contribution in [-0.4, -0.2) is 14.5 Å². The van der Waals surface area contributed by atoms with Crippen molar-refractivity contribution >= 4 is 32.7 Å². The van der Waals surface area contributed by atoms with Gasteiger partial charge in [-0.25, -0.2) is 9.97 Å². The molecular weight excluding hydrogens is 715 g/mol. The predicted molar refractivity (Wildman–Crippen MR) is 246 cm³/mol. The third kappa shape index (κ3) is 6.17. The lowest BCUT2D eigenvalue weighted by Crippen LogP contribution is -2.00. The Kier molecular flexibility index (Phi) is 8.49. The lowest BCUT2D eigenvalue weighted by Gasteiger charge is -2.16. The van der Waals surface area contributed by atoms with Gasteiger partial charge in [0.1, 0.15) is 0 Å². The van der Waals surface area contributed by atoms with Crippen molar-refractivity contribution in [3.63, 3.8) is 0 Å². The van der Waals surface area contributed by atoms with Crippen molar-refractivity contribution in [3.8, 4) is 72.8 Å². The molecule has 0 spiro atoms. The van der Waals surface area contributed by atoms with Crippen molar-refractivity contribution in [1.82, 2.24) is 14.5 Å². The highest BCUT2D eigenvalue weighted by Gasteiger charge is 2.23.